The van der Waals surface area contributed by atoms with Crippen LogP contribution in [0, 0.1) is 11.8 Å². The van der Waals surface area contributed by atoms with Crippen molar-refractivity contribution in [3.05, 3.63) is 23.8 Å². The van der Waals surface area contributed by atoms with Gasteiger partial charge in [0.05, 0.1) is 6.10 Å². The first-order valence-corrected chi connectivity index (χ1v) is 10.7. The number of hydrogen-bond acceptors (Lipinski definition) is 2. The van der Waals surface area contributed by atoms with E-state index in [0.717, 1.165) is 24.7 Å². The SMILES string of the molecule is CC(C)(C)[Si](C)(C)OC1CCCC2C(C=O)=CC=CC12. The summed E-state index contributed by atoms with van der Waals surface area (Å²) in [5.41, 5.74) is 0.959. The van der Waals surface area contributed by atoms with Crippen LogP contribution in [0.25, 0.3) is 0 Å². The summed E-state index contributed by atoms with van der Waals surface area (Å²) in [5.74, 6) is 0.768. The normalized spacial score (nSPS) is 30.6. The molecule has 0 aromatic rings. The third kappa shape index (κ3) is 2.99. The molecule has 0 aromatic carbocycles. The number of fused-ring (bicyclic) bond motifs is 1. The van der Waals surface area contributed by atoms with Gasteiger partial charge >= 0.3 is 0 Å². The Bertz CT molecular complexity index is 429. The fraction of sp³-hybridized carbons (Fsp3) is 0.706. The highest BCUT2D eigenvalue weighted by atomic mass is 28.4. The van der Waals surface area contributed by atoms with Crippen LogP contribution in [0.5, 0.6) is 0 Å². The minimum absolute atomic E-state index is 0.238. The number of allylic oxidation sites excluding steroid dienone is 3. The zero-order chi connectivity index (χ0) is 15.0. The third-order valence-corrected chi connectivity index (χ3v) is 9.84. The van der Waals surface area contributed by atoms with E-state index in [1.807, 2.05) is 12.2 Å². The molecule has 0 saturated heterocycles. The fourth-order valence-corrected chi connectivity index (χ4v) is 4.45. The lowest BCUT2D eigenvalue weighted by molar-refractivity contribution is -0.105. The summed E-state index contributed by atoms with van der Waals surface area (Å²) in [4.78, 5) is 11.2. The quantitative estimate of drug-likeness (QED) is 0.566. The predicted octanol–water partition coefficient (Wildman–Crippen LogP) is 4.49. The molecule has 1 fully saturated rings. The van der Waals surface area contributed by atoms with Gasteiger partial charge in [0, 0.05) is 5.92 Å². The second-order valence-corrected chi connectivity index (χ2v) is 12.5. The first-order valence-electron chi connectivity index (χ1n) is 7.77. The molecule has 1 saturated carbocycles. The van der Waals surface area contributed by atoms with E-state index in [1.54, 1.807) is 0 Å². The molecule has 0 heterocycles. The molecule has 3 heteroatoms. The van der Waals surface area contributed by atoms with Crippen molar-refractivity contribution in [1.82, 2.24) is 0 Å². The second-order valence-electron chi connectivity index (χ2n) is 7.70. The van der Waals surface area contributed by atoms with Crippen molar-refractivity contribution < 1.29 is 9.22 Å². The number of aldehydes is 1. The Kier molecular flexibility index (Phi) is 4.40. The van der Waals surface area contributed by atoms with Gasteiger partial charge in [-0.15, -0.1) is 0 Å². The fourth-order valence-electron chi connectivity index (χ4n) is 3.07. The summed E-state index contributed by atoms with van der Waals surface area (Å²) in [6.45, 7) is 11.5. The van der Waals surface area contributed by atoms with Crippen molar-refractivity contribution in [2.24, 2.45) is 11.8 Å². The van der Waals surface area contributed by atoms with E-state index in [-0.39, 0.29) is 11.1 Å². The van der Waals surface area contributed by atoms with E-state index in [0.29, 0.717) is 11.8 Å². The van der Waals surface area contributed by atoms with Crippen molar-refractivity contribution >= 4 is 14.6 Å². The smallest absolute Gasteiger partial charge is 0.192 e. The highest BCUT2D eigenvalue weighted by Crippen LogP contribution is 2.44. The summed E-state index contributed by atoms with van der Waals surface area (Å²) in [6, 6.07) is 0. The summed E-state index contributed by atoms with van der Waals surface area (Å²) in [7, 11) is -1.74. The van der Waals surface area contributed by atoms with E-state index in [1.165, 1.54) is 6.42 Å². The Morgan fingerprint density at radius 3 is 2.60 bits per heavy atom. The molecule has 2 nitrogen and oxygen atoms in total. The maximum atomic E-state index is 11.2. The number of carbonyl (C=O) groups is 1. The molecular formula is C17H28O2Si. The Balaban J connectivity index is 2.16. The molecule has 2 aliphatic rings. The Hall–Kier alpha value is -0.673. The average molecular weight is 292 g/mol. The van der Waals surface area contributed by atoms with Crippen molar-refractivity contribution in [3.8, 4) is 0 Å². The molecular weight excluding hydrogens is 264 g/mol. The van der Waals surface area contributed by atoms with E-state index >= 15 is 0 Å². The average Bonchev–Trinajstić information content (AvgIpc) is 2.36. The van der Waals surface area contributed by atoms with Gasteiger partial charge in [-0.3, -0.25) is 4.79 Å². The van der Waals surface area contributed by atoms with Crippen molar-refractivity contribution in [2.75, 3.05) is 0 Å². The van der Waals surface area contributed by atoms with Gasteiger partial charge in [-0.05, 0) is 42.5 Å². The summed E-state index contributed by atoms with van der Waals surface area (Å²) in [6.07, 6.45) is 11.0. The molecule has 3 unspecified atom stereocenters. The minimum Gasteiger partial charge on any atom is -0.413 e. The third-order valence-electron chi connectivity index (χ3n) is 5.34. The Labute approximate surface area is 124 Å². The number of carbonyl (C=O) groups excluding carboxylic acids is 1. The predicted molar refractivity (Wildman–Crippen MR) is 86.2 cm³/mol. The molecule has 0 N–H and O–H groups in total. The van der Waals surface area contributed by atoms with Gasteiger partial charge in [-0.1, -0.05) is 45.4 Å². The van der Waals surface area contributed by atoms with Crippen molar-refractivity contribution in [2.45, 2.75) is 64.3 Å². The van der Waals surface area contributed by atoms with Crippen LogP contribution >= 0.6 is 0 Å². The maximum absolute atomic E-state index is 11.2. The highest BCUT2D eigenvalue weighted by molar-refractivity contribution is 6.74. The molecule has 0 bridgehead atoms. The maximum Gasteiger partial charge on any atom is 0.192 e. The standard InChI is InChI=1S/C17H28O2Si/c1-17(2,3)20(4,5)19-16-11-7-9-14-13(12-18)8-6-10-15(14)16/h6,8,10,12,14-16H,7,9,11H2,1-5H3. The molecule has 0 radical (unpaired) electrons. The van der Waals surface area contributed by atoms with E-state index < -0.39 is 8.32 Å². The van der Waals surface area contributed by atoms with Crippen LogP contribution in [0.1, 0.15) is 40.0 Å². The van der Waals surface area contributed by atoms with Crippen molar-refractivity contribution in [3.63, 3.8) is 0 Å². The molecule has 2 aliphatic carbocycles. The van der Waals surface area contributed by atoms with Crippen LogP contribution in [-0.4, -0.2) is 20.7 Å². The first-order chi connectivity index (χ1) is 9.26. The van der Waals surface area contributed by atoms with Crippen LogP contribution in [0.3, 0.4) is 0 Å². The van der Waals surface area contributed by atoms with Gasteiger partial charge in [-0.25, -0.2) is 0 Å². The molecule has 112 valence electrons. The largest absolute Gasteiger partial charge is 0.413 e. The summed E-state index contributed by atoms with van der Waals surface area (Å²) < 4.78 is 6.65. The van der Waals surface area contributed by atoms with Crippen molar-refractivity contribution in [1.29, 1.82) is 0 Å². The zero-order valence-electron chi connectivity index (χ0n) is 13.5. The summed E-state index contributed by atoms with van der Waals surface area (Å²) >= 11 is 0. The molecule has 0 amide bonds. The zero-order valence-corrected chi connectivity index (χ0v) is 14.5. The monoisotopic (exact) mass is 292 g/mol. The molecule has 0 aromatic heterocycles. The minimum atomic E-state index is -1.74. The molecule has 20 heavy (non-hydrogen) atoms. The van der Waals surface area contributed by atoms with Crippen LogP contribution in [0.2, 0.25) is 18.1 Å². The lowest BCUT2D eigenvalue weighted by Crippen LogP contribution is -2.48. The van der Waals surface area contributed by atoms with Gasteiger partial charge in [0.1, 0.15) is 6.29 Å². The Morgan fingerprint density at radius 1 is 1.30 bits per heavy atom. The van der Waals surface area contributed by atoms with E-state index in [4.69, 9.17) is 4.43 Å². The highest BCUT2D eigenvalue weighted by Gasteiger charge is 2.43. The Morgan fingerprint density at radius 2 is 2.00 bits per heavy atom. The molecule has 0 aliphatic heterocycles. The molecule has 3 atom stereocenters. The lowest BCUT2D eigenvalue weighted by Gasteiger charge is -2.45. The first kappa shape index (κ1) is 15.7. The van der Waals surface area contributed by atoms with Crippen LogP contribution in [0.15, 0.2) is 23.8 Å². The van der Waals surface area contributed by atoms with Crippen LogP contribution < -0.4 is 0 Å². The number of hydrogen-bond donors (Lipinski definition) is 0. The molecule has 2 rings (SSSR count). The van der Waals surface area contributed by atoms with Crippen LogP contribution in [-0.2, 0) is 9.22 Å². The van der Waals surface area contributed by atoms with Gasteiger partial charge < -0.3 is 4.43 Å². The van der Waals surface area contributed by atoms with Gasteiger partial charge in [0.2, 0.25) is 0 Å². The number of rotatable bonds is 3. The second kappa shape index (κ2) is 5.61. The lowest BCUT2D eigenvalue weighted by atomic mass is 9.72. The van der Waals surface area contributed by atoms with E-state index in [2.05, 4.69) is 39.9 Å². The van der Waals surface area contributed by atoms with Crippen LogP contribution in [0.4, 0.5) is 0 Å². The topological polar surface area (TPSA) is 26.3 Å². The van der Waals surface area contributed by atoms with Gasteiger partial charge in [0.25, 0.3) is 0 Å². The molecule has 0 spiro atoms. The van der Waals surface area contributed by atoms with Gasteiger partial charge in [0.15, 0.2) is 8.32 Å². The van der Waals surface area contributed by atoms with E-state index in [9.17, 15) is 4.79 Å². The van der Waals surface area contributed by atoms with Gasteiger partial charge in [-0.2, -0.15) is 0 Å². The summed E-state index contributed by atoms with van der Waals surface area (Å²) in [5, 5.41) is 0.238.